The number of carbonyl (C=O) groups is 1. The van der Waals surface area contributed by atoms with Gasteiger partial charge in [0.05, 0.1) is 7.11 Å². The van der Waals surface area contributed by atoms with Crippen LogP contribution in [0.2, 0.25) is 0 Å². The summed E-state index contributed by atoms with van der Waals surface area (Å²) in [5.41, 5.74) is 2.09. The Labute approximate surface area is 145 Å². The largest absolute Gasteiger partial charge is 0.504 e. The summed E-state index contributed by atoms with van der Waals surface area (Å²) < 4.78 is 5.40. The Bertz CT molecular complexity index is 755. The fourth-order valence-electron chi connectivity index (χ4n) is 1.91. The van der Waals surface area contributed by atoms with E-state index in [9.17, 15) is 9.90 Å². The first kappa shape index (κ1) is 17.1. The molecule has 6 heteroatoms. The highest BCUT2D eigenvalue weighted by atomic mass is 32.1. The molecule has 0 aliphatic rings. The summed E-state index contributed by atoms with van der Waals surface area (Å²) in [6, 6.07) is 11.8. The van der Waals surface area contributed by atoms with Gasteiger partial charge in [0.25, 0.3) is 0 Å². The second-order valence-electron chi connectivity index (χ2n) is 4.64. The van der Waals surface area contributed by atoms with Crippen molar-refractivity contribution in [1.82, 2.24) is 0 Å². The van der Waals surface area contributed by atoms with Crippen LogP contribution >= 0.6 is 24.8 Å². The van der Waals surface area contributed by atoms with E-state index in [1.165, 1.54) is 19.3 Å². The van der Waals surface area contributed by atoms with E-state index in [0.717, 1.165) is 11.3 Å². The zero-order valence-corrected chi connectivity index (χ0v) is 14.0. The summed E-state index contributed by atoms with van der Waals surface area (Å²) in [6.45, 7) is 0. The van der Waals surface area contributed by atoms with Gasteiger partial charge in [0.2, 0.25) is 0 Å². The smallest absolute Gasteiger partial charge is 0.185 e. The van der Waals surface area contributed by atoms with E-state index in [2.05, 4.69) is 17.9 Å². The van der Waals surface area contributed by atoms with Gasteiger partial charge < -0.3 is 15.2 Å². The summed E-state index contributed by atoms with van der Waals surface area (Å²) >= 11 is 8.82. The van der Waals surface area contributed by atoms with Crippen molar-refractivity contribution in [2.75, 3.05) is 12.4 Å². The van der Waals surface area contributed by atoms with Gasteiger partial charge in [-0.1, -0.05) is 24.4 Å². The van der Waals surface area contributed by atoms with Gasteiger partial charge in [-0.15, -0.1) is 12.6 Å². The van der Waals surface area contributed by atoms with E-state index in [0.29, 0.717) is 15.6 Å². The Morgan fingerprint density at radius 2 is 1.96 bits per heavy atom. The molecular weight excluding hydrogens is 330 g/mol. The van der Waals surface area contributed by atoms with Gasteiger partial charge in [-0.05, 0) is 48.0 Å². The first-order valence-electron chi connectivity index (χ1n) is 6.69. The predicted octanol–water partition coefficient (Wildman–Crippen LogP) is 3.92. The zero-order chi connectivity index (χ0) is 16.8. The molecule has 4 nitrogen and oxygen atoms in total. The highest BCUT2D eigenvalue weighted by molar-refractivity contribution is 8.11. The molecule has 0 fully saturated rings. The number of hydrogen-bond donors (Lipinski definition) is 3. The van der Waals surface area contributed by atoms with Gasteiger partial charge in [0.1, 0.15) is 4.32 Å². The molecule has 0 bridgehead atoms. The lowest BCUT2D eigenvalue weighted by atomic mass is 10.1. The minimum Gasteiger partial charge on any atom is -0.504 e. The number of thiocarbonyl (C=S) groups is 1. The van der Waals surface area contributed by atoms with Crippen LogP contribution in [0.1, 0.15) is 15.9 Å². The fraction of sp³-hybridized carbons (Fsp3) is 0.0588. The van der Waals surface area contributed by atoms with Crippen LogP contribution in [0.25, 0.3) is 6.08 Å². The van der Waals surface area contributed by atoms with Crippen LogP contribution in [0.15, 0.2) is 48.5 Å². The summed E-state index contributed by atoms with van der Waals surface area (Å²) in [4.78, 5) is 12.1. The number of benzene rings is 2. The number of nitrogens with one attached hydrogen (secondary N) is 1. The normalized spacial score (nSPS) is 10.5. The highest BCUT2D eigenvalue weighted by Gasteiger charge is 2.04. The third-order valence-corrected chi connectivity index (χ3v) is 3.27. The van der Waals surface area contributed by atoms with Crippen molar-refractivity contribution in [3.05, 3.63) is 59.7 Å². The molecule has 2 N–H and O–H groups in total. The molecule has 0 spiro atoms. The van der Waals surface area contributed by atoms with Crippen molar-refractivity contribution >= 4 is 46.7 Å². The number of aromatic hydroxyl groups is 1. The quantitative estimate of drug-likeness (QED) is 0.332. The van der Waals surface area contributed by atoms with E-state index < -0.39 is 0 Å². The first-order valence-corrected chi connectivity index (χ1v) is 7.54. The van der Waals surface area contributed by atoms with Crippen LogP contribution in [0.3, 0.4) is 0 Å². The molecule has 0 heterocycles. The molecule has 0 unspecified atom stereocenters. The van der Waals surface area contributed by atoms with Crippen LogP contribution in [-0.2, 0) is 0 Å². The van der Waals surface area contributed by atoms with E-state index in [-0.39, 0.29) is 11.5 Å². The summed E-state index contributed by atoms with van der Waals surface area (Å²) in [5.74, 6) is 0.288. The second-order valence-corrected chi connectivity index (χ2v) is 5.79. The number of phenolic OH excluding ortho intramolecular Hbond substituents is 1. The Hall–Kier alpha value is -2.31. The minimum absolute atomic E-state index is 0.0566. The van der Waals surface area contributed by atoms with Gasteiger partial charge in [0, 0.05) is 11.3 Å². The number of anilines is 1. The number of methoxy groups -OCH3 is 1. The zero-order valence-electron chi connectivity index (χ0n) is 12.3. The van der Waals surface area contributed by atoms with Gasteiger partial charge >= 0.3 is 0 Å². The van der Waals surface area contributed by atoms with Crippen LogP contribution in [-0.4, -0.2) is 22.3 Å². The lowest BCUT2D eigenvalue weighted by Crippen LogP contribution is -2.01. The SMILES string of the molecule is COc1cc(/C=C/C(=O)c2ccc(NC(=S)S)cc2)ccc1O. The maximum absolute atomic E-state index is 12.1. The van der Waals surface area contributed by atoms with Gasteiger partial charge in [0.15, 0.2) is 17.3 Å². The molecule has 0 radical (unpaired) electrons. The van der Waals surface area contributed by atoms with Crippen molar-refractivity contribution in [2.45, 2.75) is 0 Å². The molecule has 2 rings (SSSR count). The number of allylic oxidation sites excluding steroid dienone is 1. The molecule has 2 aromatic carbocycles. The molecule has 0 amide bonds. The summed E-state index contributed by atoms with van der Waals surface area (Å²) in [7, 11) is 1.47. The Kier molecular flexibility index (Phi) is 5.78. The molecule has 2 aromatic rings. The Balaban J connectivity index is 2.10. The second kappa shape index (κ2) is 7.80. The first-order chi connectivity index (χ1) is 11.0. The number of rotatable bonds is 5. The number of ether oxygens (including phenoxy) is 1. The van der Waals surface area contributed by atoms with Crippen LogP contribution in [0.4, 0.5) is 5.69 Å². The Morgan fingerprint density at radius 3 is 2.57 bits per heavy atom. The van der Waals surface area contributed by atoms with Gasteiger partial charge in [-0.25, -0.2) is 0 Å². The van der Waals surface area contributed by atoms with Crippen molar-refractivity contribution in [3.63, 3.8) is 0 Å². The van der Waals surface area contributed by atoms with Gasteiger partial charge in [-0.2, -0.15) is 0 Å². The lowest BCUT2D eigenvalue weighted by Gasteiger charge is -2.04. The summed E-state index contributed by atoms with van der Waals surface area (Å²) in [6.07, 6.45) is 3.14. The van der Waals surface area contributed by atoms with Crippen molar-refractivity contribution in [1.29, 1.82) is 0 Å². The van der Waals surface area contributed by atoms with E-state index in [4.69, 9.17) is 17.0 Å². The van der Waals surface area contributed by atoms with Crippen molar-refractivity contribution < 1.29 is 14.6 Å². The molecule has 0 aromatic heterocycles. The fourth-order valence-corrected chi connectivity index (χ4v) is 2.15. The summed E-state index contributed by atoms with van der Waals surface area (Å²) in [5, 5.41) is 12.4. The van der Waals surface area contributed by atoms with Crippen molar-refractivity contribution in [2.24, 2.45) is 0 Å². The molecule has 118 valence electrons. The lowest BCUT2D eigenvalue weighted by molar-refractivity contribution is 0.104. The number of hydrogen-bond acceptors (Lipinski definition) is 4. The van der Waals surface area contributed by atoms with E-state index in [1.807, 2.05) is 0 Å². The number of thiol groups is 1. The maximum Gasteiger partial charge on any atom is 0.185 e. The number of ketones is 1. The molecule has 0 atom stereocenters. The minimum atomic E-state index is -0.128. The predicted molar refractivity (Wildman–Crippen MR) is 99.7 cm³/mol. The molecular formula is C17H15NO3S2. The van der Waals surface area contributed by atoms with E-state index >= 15 is 0 Å². The van der Waals surface area contributed by atoms with E-state index in [1.54, 1.807) is 42.5 Å². The van der Waals surface area contributed by atoms with Crippen molar-refractivity contribution in [3.8, 4) is 11.5 Å². The van der Waals surface area contributed by atoms with Gasteiger partial charge in [-0.3, -0.25) is 4.79 Å². The average molecular weight is 345 g/mol. The van der Waals surface area contributed by atoms with Crippen LogP contribution < -0.4 is 10.1 Å². The number of phenols is 1. The molecule has 0 aliphatic heterocycles. The third kappa shape index (κ3) is 4.84. The molecule has 0 saturated carbocycles. The van der Waals surface area contributed by atoms with Crippen LogP contribution in [0.5, 0.6) is 11.5 Å². The highest BCUT2D eigenvalue weighted by Crippen LogP contribution is 2.26. The number of carbonyl (C=O) groups excluding carboxylic acids is 1. The molecule has 0 saturated heterocycles. The topological polar surface area (TPSA) is 58.6 Å². The molecule has 0 aliphatic carbocycles. The molecule has 23 heavy (non-hydrogen) atoms. The maximum atomic E-state index is 12.1. The standard InChI is InChI=1S/C17H15NO3S2/c1-21-16-10-11(3-9-15(16)20)2-8-14(19)12-4-6-13(7-5-12)18-17(22)23/h2-10,20H,1H3,(H2,18,22,23)/b8-2+. The van der Waals surface area contributed by atoms with Crippen LogP contribution in [0, 0.1) is 0 Å². The monoisotopic (exact) mass is 345 g/mol. The Morgan fingerprint density at radius 1 is 1.26 bits per heavy atom. The third-order valence-electron chi connectivity index (χ3n) is 3.05. The average Bonchev–Trinajstić information content (AvgIpc) is 2.54.